The molecule has 9 heteroatoms. The minimum atomic E-state index is -0.322. The van der Waals surface area contributed by atoms with Crippen LogP contribution in [0.1, 0.15) is 20.8 Å². The summed E-state index contributed by atoms with van der Waals surface area (Å²) in [7, 11) is 0. The monoisotopic (exact) mass is 399 g/mol. The molecule has 3 aromatic rings. The largest absolute Gasteiger partial charge is 0.348 e. The summed E-state index contributed by atoms with van der Waals surface area (Å²) in [6.45, 7) is 1.00. The lowest BCUT2D eigenvalue weighted by Gasteiger charge is -2.02. The highest BCUT2D eigenvalue weighted by atomic mass is 32.1. The third-order valence-electron chi connectivity index (χ3n) is 4.63. The number of benzene rings is 1. The van der Waals surface area contributed by atoms with Crippen molar-refractivity contribution in [2.45, 2.75) is 19.6 Å². The number of hydrogen-bond donors (Lipinski definition) is 2. The third kappa shape index (κ3) is 3.41. The van der Waals surface area contributed by atoms with Gasteiger partial charge in [-0.2, -0.15) is 5.10 Å². The fraction of sp³-hybridized carbons (Fsp3) is 0.211. The van der Waals surface area contributed by atoms with Crippen LogP contribution < -0.4 is 16.7 Å². The van der Waals surface area contributed by atoms with E-state index >= 15 is 0 Å². The molecule has 1 aliphatic heterocycles. The molecule has 1 aromatic carbocycles. The van der Waals surface area contributed by atoms with Gasteiger partial charge in [0, 0.05) is 28.4 Å². The van der Waals surface area contributed by atoms with Crippen molar-refractivity contribution in [1.29, 1.82) is 0 Å². The molecule has 1 amide bonds. The van der Waals surface area contributed by atoms with Crippen molar-refractivity contribution < 1.29 is 9.18 Å². The second kappa shape index (κ2) is 7.53. The summed E-state index contributed by atoms with van der Waals surface area (Å²) >= 11 is 1.55. The summed E-state index contributed by atoms with van der Waals surface area (Å²) < 4.78 is 15.3. The van der Waals surface area contributed by atoms with Crippen molar-refractivity contribution in [3.8, 4) is 10.4 Å². The number of rotatable bonds is 6. The predicted molar refractivity (Wildman–Crippen MR) is 105 cm³/mol. The van der Waals surface area contributed by atoms with E-state index in [-0.39, 0.29) is 24.7 Å². The van der Waals surface area contributed by atoms with Crippen molar-refractivity contribution >= 4 is 17.2 Å². The van der Waals surface area contributed by atoms with E-state index < -0.39 is 0 Å². The summed E-state index contributed by atoms with van der Waals surface area (Å²) in [5.41, 5.74) is 8.09. The number of thiophene rings is 1. The zero-order valence-corrected chi connectivity index (χ0v) is 15.7. The number of amides is 1. The molecule has 2 aromatic heterocycles. The zero-order chi connectivity index (χ0) is 19.7. The number of nitrogens with one attached hydrogen (secondary N) is 1. The zero-order valence-electron chi connectivity index (χ0n) is 14.9. The first-order valence-electron chi connectivity index (χ1n) is 8.69. The first-order valence-corrected chi connectivity index (χ1v) is 9.51. The molecule has 0 spiro atoms. The van der Waals surface area contributed by atoms with Crippen LogP contribution in [0.5, 0.6) is 0 Å². The molecule has 0 radical (unpaired) electrons. The second-order valence-electron chi connectivity index (χ2n) is 6.49. The molecule has 4 rings (SSSR count). The quantitative estimate of drug-likeness (QED) is 0.662. The number of nitrogens with zero attached hydrogens (tertiary/aromatic N) is 3. The second-order valence-corrected chi connectivity index (χ2v) is 7.66. The minimum absolute atomic E-state index is 0.0306. The van der Waals surface area contributed by atoms with Crippen LogP contribution in [0.4, 0.5) is 4.39 Å². The van der Waals surface area contributed by atoms with Crippen molar-refractivity contribution in [1.82, 2.24) is 19.7 Å². The van der Waals surface area contributed by atoms with Gasteiger partial charge in [-0.1, -0.05) is 12.1 Å². The Morgan fingerprint density at radius 1 is 1.32 bits per heavy atom. The highest BCUT2D eigenvalue weighted by Gasteiger charge is 2.19. The van der Waals surface area contributed by atoms with E-state index in [0.29, 0.717) is 30.6 Å². The van der Waals surface area contributed by atoms with E-state index in [4.69, 9.17) is 5.73 Å². The Bertz CT molecular complexity index is 1130. The van der Waals surface area contributed by atoms with E-state index in [1.165, 1.54) is 15.6 Å². The van der Waals surface area contributed by atoms with Crippen molar-refractivity contribution in [2.24, 2.45) is 5.73 Å². The third-order valence-corrected chi connectivity index (χ3v) is 5.75. The Labute approximate surface area is 163 Å². The number of nitrogens with two attached hydrogens (primary N) is 1. The van der Waals surface area contributed by atoms with Gasteiger partial charge in [0.25, 0.3) is 5.91 Å². The molecule has 1 aliphatic rings. The van der Waals surface area contributed by atoms with Gasteiger partial charge in [0.1, 0.15) is 6.33 Å². The lowest BCUT2D eigenvalue weighted by Crippen LogP contribution is -2.26. The van der Waals surface area contributed by atoms with Crippen LogP contribution in [0.15, 0.2) is 53.4 Å². The molecule has 0 aliphatic carbocycles. The molecule has 0 unspecified atom stereocenters. The molecule has 3 heterocycles. The van der Waals surface area contributed by atoms with Crippen molar-refractivity contribution in [3.63, 3.8) is 0 Å². The number of halogens is 1. The Kier molecular flexibility index (Phi) is 4.93. The van der Waals surface area contributed by atoms with Crippen LogP contribution in [0.2, 0.25) is 0 Å². The van der Waals surface area contributed by atoms with Gasteiger partial charge in [-0.05, 0) is 34.9 Å². The Morgan fingerprint density at radius 2 is 2.18 bits per heavy atom. The van der Waals surface area contributed by atoms with E-state index in [1.807, 2.05) is 30.3 Å². The molecule has 0 bridgehead atoms. The van der Waals surface area contributed by atoms with E-state index in [1.54, 1.807) is 11.3 Å². The van der Waals surface area contributed by atoms with Crippen LogP contribution in [0.25, 0.3) is 10.4 Å². The lowest BCUT2D eigenvalue weighted by molar-refractivity contribution is 0.0966. The fourth-order valence-corrected chi connectivity index (χ4v) is 4.08. The van der Waals surface area contributed by atoms with Crippen LogP contribution >= 0.6 is 11.3 Å². The molecule has 3 N–H and O–H groups in total. The van der Waals surface area contributed by atoms with Crippen LogP contribution in [-0.4, -0.2) is 26.8 Å². The maximum Gasteiger partial charge on any atom is 0.346 e. The van der Waals surface area contributed by atoms with Gasteiger partial charge in [0.2, 0.25) is 0 Å². The summed E-state index contributed by atoms with van der Waals surface area (Å²) in [5.74, 6) is -0.0493. The van der Waals surface area contributed by atoms with E-state index in [9.17, 15) is 14.0 Å². The maximum atomic E-state index is 12.7. The van der Waals surface area contributed by atoms with Gasteiger partial charge in [-0.25, -0.2) is 13.9 Å². The van der Waals surface area contributed by atoms with Gasteiger partial charge < -0.3 is 11.1 Å². The van der Waals surface area contributed by atoms with Gasteiger partial charge in [0.05, 0.1) is 19.4 Å². The number of carbonyl (C=O) groups excluding carboxylic acids is 1. The fourth-order valence-electron chi connectivity index (χ4n) is 3.08. The Hall–Kier alpha value is -3.04. The topological polar surface area (TPSA) is 94.9 Å². The van der Waals surface area contributed by atoms with Crippen molar-refractivity contribution in [3.05, 3.63) is 75.1 Å². The first kappa shape index (κ1) is 18.3. The van der Waals surface area contributed by atoms with Crippen LogP contribution in [0, 0.1) is 0 Å². The summed E-state index contributed by atoms with van der Waals surface area (Å²) in [6.07, 6.45) is 1.85. The first-order chi connectivity index (χ1) is 13.6. The van der Waals surface area contributed by atoms with Gasteiger partial charge in [0.15, 0.2) is 0 Å². The molecular weight excluding hydrogens is 381 g/mol. The molecule has 0 saturated carbocycles. The van der Waals surface area contributed by atoms with Gasteiger partial charge in [-0.3, -0.25) is 9.36 Å². The predicted octanol–water partition coefficient (Wildman–Crippen LogP) is 1.88. The molecule has 144 valence electrons. The van der Waals surface area contributed by atoms with Gasteiger partial charge >= 0.3 is 5.69 Å². The highest BCUT2D eigenvalue weighted by molar-refractivity contribution is 7.15. The highest BCUT2D eigenvalue weighted by Crippen LogP contribution is 2.31. The Balaban J connectivity index is 1.53. The molecule has 0 saturated heterocycles. The SMILES string of the molecule is NC/C(=C\F)Cn1ncn(Cc2ccc(-c3ccc4c(c3)C(=O)NC4)s2)c1=O. The summed E-state index contributed by atoms with van der Waals surface area (Å²) in [6, 6.07) is 9.78. The molecular formula is C19H18FN5O2S. The summed E-state index contributed by atoms with van der Waals surface area (Å²) in [4.78, 5) is 26.3. The lowest BCUT2D eigenvalue weighted by atomic mass is 10.1. The minimum Gasteiger partial charge on any atom is -0.348 e. The van der Waals surface area contributed by atoms with Crippen molar-refractivity contribution in [2.75, 3.05) is 6.54 Å². The normalized spacial score (nSPS) is 13.6. The van der Waals surface area contributed by atoms with Crippen LogP contribution in [-0.2, 0) is 19.6 Å². The maximum absolute atomic E-state index is 12.7. The summed E-state index contributed by atoms with van der Waals surface area (Å²) in [5, 5.41) is 6.84. The Morgan fingerprint density at radius 3 is 2.96 bits per heavy atom. The average Bonchev–Trinajstić information content (AvgIpc) is 3.41. The van der Waals surface area contributed by atoms with E-state index in [0.717, 1.165) is 20.9 Å². The number of fused-ring (bicyclic) bond motifs is 1. The smallest absolute Gasteiger partial charge is 0.346 e. The molecule has 0 fully saturated rings. The standard InChI is InChI=1S/C19H18FN5O2S/c20-6-12(7-21)9-25-19(27)24(11-23-25)10-15-3-4-17(28-15)13-1-2-14-8-22-18(26)16(14)5-13/h1-6,11H,7-10,21H2,(H,22,26)/b12-6+. The molecule has 7 nitrogen and oxygen atoms in total. The molecule has 28 heavy (non-hydrogen) atoms. The van der Waals surface area contributed by atoms with Gasteiger partial charge in [-0.15, -0.1) is 11.3 Å². The number of aromatic nitrogens is 3. The molecule has 0 atom stereocenters. The number of carbonyl (C=O) groups is 1. The average molecular weight is 399 g/mol. The number of hydrogen-bond acceptors (Lipinski definition) is 5. The van der Waals surface area contributed by atoms with Crippen LogP contribution in [0.3, 0.4) is 0 Å². The van der Waals surface area contributed by atoms with E-state index in [2.05, 4.69) is 10.4 Å².